The van der Waals surface area contributed by atoms with Crippen molar-refractivity contribution in [2.24, 2.45) is 0 Å². The number of amides is 1. The van der Waals surface area contributed by atoms with E-state index in [9.17, 15) is 9.18 Å². The molecule has 1 fully saturated rings. The predicted octanol–water partition coefficient (Wildman–Crippen LogP) is 3.68. The Kier molecular flexibility index (Phi) is 8.72. The molecular weight excluding hydrogens is 457 g/mol. The van der Waals surface area contributed by atoms with Crippen LogP contribution in [0.25, 0.3) is 5.69 Å². The van der Waals surface area contributed by atoms with Gasteiger partial charge in [-0.1, -0.05) is 36.4 Å². The lowest BCUT2D eigenvalue weighted by atomic mass is 10.1. The molecule has 1 saturated heterocycles. The van der Waals surface area contributed by atoms with Crippen molar-refractivity contribution in [1.29, 1.82) is 0 Å². The first-order chi connectivity index (χ1) is 17.5. The van der Waals surface area contributed by atoms with Crippen LogP contribution in [0.1, 0.15) is 23.2 Å². The SMILES string of the molecule is COCCCN(Cc1c(C)nn(-c2cccc(F)c2)c1N1CCN(C)CC1)C(=O)Cc1ccccc1. The number of methoxy groups -OCH3 is 1. The van der Waals surface area contributed by atoms with Gasteiger partial charge < -0.3 is 19.4 Å². The molecule has 192 valence electrons. The number of nitrogens with zero attached hydrogens (tertiary/aromatic N) is 5. The fraction of sp³-hybridized carbons (Fsp3) is 0.429. The average Bonchev–Trinajstić information content (AvgIpc) is 3.20. The number of aromatic nitrogens is 2. The first-order valence-corrected chi connectivity index (χ1v) is 12.5. The molecule has 8 heteroatoms. The molecule has 0 unspecified atom stereocenters. The van der Waals surface area contributed by atoms with Gasteiger partial charge in [0.15, 0.2) is 0 Å². The lowest BCUT2D eigenvalue weighted by Crippen LogP contribution is -2.45. The molecular formula is C28H36FN5O2. The number of ether oxygens (including phenoxy) is 1. The molecule has 1 aromatic heterocycles. The minimum Gasteiger partial charge on any atom is -0.385 e. The van der Waals surface area contributed by atoms with Crippen LogP contribution in [0.3, 0.4) is 0 Å². The van der Waals surface area contributed by atoms with Gasteiger partial charge in [0.1, 0.15) is 11.6 Å². The minimum atomic E-state index is -0.300. The summed E-state index contributed by atoms with van der Waals surface area (Å²) in [6.07, 6.45) is 1.09. The summed E-state index contributed by atoms with van der Waals surface area (Å²) in [7, 11) is 3.79. The molecule has 1 aliphatic rings. The topological polar surface area (TPSA) is 53.8 Å². The molecule has 2 heterocycles. The number of rotatable bonds is 10. The molecule has 0 aliphatic carbocycles. The van der Waals surface area contributed by atoms with Crippen molar-refractivity contribution in [3.63, 3.8) is 0 Å². The molecule has 0 atom stereocenters. The number of halogens is 1. The zero-order valence-electron chi connectivity index (χ0n) is 21.5. The van der Waals surface area contributed by atoms with Gasteiger partial charge in [0.2, 0.25) is 5.91 Å². The van der Waals surface area contributed by atoms with Gasteiger partial charge in [-0.05, 0) is 44.2 Å². The van der Waals surface area contributed by atoms with Crippen molar-refractivity contribution < 1.29 is 13.9 Å². The maximum Gasteiger partial charge on any atom is 0.227 e. The predicted molar refractivity (Wildman–Crippen MR) is 140 cm³/mol. The zero-order valence-corrected chi connectivity index (χ0v) is 21.5. The van der Waals surface area contributed by atoms with Crippen molar-refractivity contribution >= 4 is 11.7 Å². The molecule has 0 bridgehead atoms. The summed E-state index contributed by atoms with van der Waals surface area (Å²) in [4.78, 5) is 20.0. The van der Waals surface area contributed by atoms with Gasteiger partial charge in [-0.2, -0.15) is 5.10 Å². The molecule has 0 spiro atoms. The monoisotopic (exact) mass is 493 g/mol. The zero-order chi connectivity index (χ0) is 25.5. The Morgan fingerprint density at radius 1 is 1.08 bits per heavy atom. The van der Waals surface area contributed by atoms with E-state index in [0.717, 1.165) is 55.2 Å². The molecule has 2 aromatic carbocycles. The second-order valence-corrected chi connectivity index (χ2v) is 9.39. The van der Waals surface area contributed by atoms with Gasteiger partial charge in [-0.25, -0.2) is 9.07 Å². The highest BCUT2D eigenvalue weighted by molar-refractivity contribution is 5.79. The summed E-state index contributed by atoms with van der Waals surface area (Å²) >= 11 is 0. The molecule has 36 heavy (non-hydrogen) atoms. The Hall–Kier alpha value is -3.23. The van der Waals surface area contributed by atoms with Gasteiger partial charge >= 0.3 is 0 Å². The lowest BCUT2D eigenvalue weighted by Gasteiger charge is -2.35. The third-order valence-electron chi connectivity index (χ3n) is 6.69. The van der Waals surface area contributed by atoms with Crippen molar-refractivity contribution in [3.05, 3.63) is 77.2 Å². The number of carbonyl (C=O) groups excluding carboxylic acids is 1. The Morgan fingerprint density at radius 3 is 2.53 bits per heavy atom. The summed E-state index contributed by atoms with van der Waals surface area (Å²) in [5, 5.41) is 4.84. The quantitative estimate of drug-likeness (QED) is 0.404. The van der Waals surface area contributed by atoms with Crippen LogP contribution in [0.5, 0.6) is 0 Å². The first-order valence-electron chi connectivity index (χ1n) is 12.5. The van der Waals surface area contributed by atoms with Gasteiger partial charge in [-0.3, -0.25) is 4.79 Å². The molecule has 1 amide bonds. The second-order valence-electron chi connectivity index (χ2n) is 9.39. The van der Waals surface area contributed by atoms with E-state index in [0.29, 0.717) is 31.8 Å². The molecule has 0 N–H and O–H groups in total. The molecule has 3 aromatic rings. The average molecular weight is 494 g/mol. The van der Waals surface area contributed by atoms with E-state index in [1.54, 1.807) is 13.2 Å². The van der Waals surface area contributed by atoms with Gasteiger partial charge in [-0.15, -0.1) is 0 Å². The summed E-state index contributed by atoms with van der Waals surface area (Å²) in [5.74, 6) is 0.709. The van der Waals surface area contributed by atoms with E-state index >= 15 is 0 Å². The van der Waals surface area contributed by atoms with Crippen LogP contribution in [-0.4, -0.2) is 79.0 Å². The van der Waals surface area contributed by atoms with Crippen molar-refractivity contribution in [2.75, 3.05) is 58.4 Å². The van der Waals surface area contributed by atoms with Crippen LogP contribution in [0, 0.1) is 12.7 Å². The fourth-order valence-electron chi connectivity index (χ4n) is 4.63. The fourth-order valence-corrected chi connectivity index (χ4v) is 4.63. The van der Waals surface area contributed by atoms with Gasteiger partial charge in [0.25, 0.3) is 0 Å². The largest absolute Gasteiger partial charge is 0.385 e. The Bertz CT molecular complexity index is 1140. The highest BCUT2D eigenvalue weighted by atomic mass is 19.1. The minimum absolute atomic E-state index is 0.0690. The maximum absolute atomic E-state index is 14.2. The van der Waals surface area contributed by atoms with Crippen LogP contribution >= 0.6 is 0 Å². The number of piperazine rings is 1. The van der Waals surface area contributed by atoms with Crippen molar-refractivity contribution in [3.8, 4) is 5.69 Å². The molecule has 4 rings (SSSR count). The highest BCUT2D eigenvalue weighted by Gasteiger charge is 2.27. The molecule has 0 saturated carbocycles. The van der Waals surface area contributed by atoms with Crippen LogP contribution < -0.4 is 4.90 Å². The van der Waals surface area contributed by atoms with E-state index in [1.807, 2.05) is 52.9 Å². The number of aryl methyl sites for hydroxylation is 1. The van der Waals surface area contributed by atoms with E-state index < -0.39 is 0 Å². The normalized spacial score (nSPS) is 14.3. The van der Waals surface area contributed by atoms with Crippen LogP contribution in [-0.2, 0) is 22.5 Å². The molecule has 7 nitrogen and oxygen atoms in total. The van der Waals surface area contributed by atoms with Crippen LogP contribution in [0.4, 0.5) is 10.2 Å². The number of benzene rings is 2. The number of anilines is 1. The van der Waals surface area contributed by atoms with Crippen molar-refractivity contribution in [1.82, 2.24) is 19.6 Å². The number of hydrogen-bond donors (Lipinski definition) is 0. The summed E-state index contributed by atoms with van der Waals surface area (Å²) < 4.78 is 21.3. The second kappa shape index (κ2) is 12.1. The van der Waals surface area contributed by atoms with E-state index in [2.05, 4.69) is 16.8 Å². The maximum atomic E-state index is 14.2. The van der Waals surface area contributed by atoms with Gasteiger partial charge in [0.05, 0.1) is 24.3 Å². The van der Waals surface area contributed by atoms with Crippen LogP contribution in [0.15, 0.2) is 54.6 Å². The standard InChI is InChI=1S/C28H36FN5O2/c1-22-26(21-33(13-8-18-36-3)27(35)19-23-9-5-4-6-10-23)28(32-16-14-31(2)15-17-32)34(30-22)25-12-7-11-24(29)20-25/h4-7,9-12,20H,8,13-19,21H2,1-3H3. The van der Waals surface area contributed by atoms with Gasteiger partial charge in [0, 0.05) is 52.0 Å². The first kappa shape index (κ1) is 25.9. The van der Waals surface area contributed by atoms with Crippen molar-refractivity contribution in [2.45, 2.75) is 26.3 Å². The van der Waals surface area contributed by atoms with E-state index in [-0.39, 0.29) is 11.7 Å². The number of carbonyl (C=O) groups is 1. The third kappa shape index (κ3) is 6.30. The van der Waals surface area contributed by atoms with Crippen LogP contribution in [0.2, 0.25) is 0 Å². The number of hydrogen-bond acceptors (Lipinski definition) is 5. The molecule has 1 aliphatic heterocycles. The third-order valence-corrected chi connectivity index (χ3v) is 6.69. The Morgan fingerprint density at radius 2 is 1.83 bits per heavy atom. The van der Waals surface area contributed by atoms with E-state index in [4.69, 9.17) is 9.84 Å². The smallest absolute Gasteiger partial charge is 0.227 e. The Balaban J connectivity index is 1.69. The Labute approximate surface area is 213 Å². The highest BCUT2D eigenvalue weighted by Crippen LogP contribution is 2.30. The summed E-state index contributed by atoms with van der Waals surface area (Å²) in [5.41, 5.74) is 3.52. The van der Waals surface area contributed by atoms with E-state index in [1.165, 1.54) is 12.1 Å². The summed E-state index contributed by atoms with van der Waals surface area (Å²) in [6, 6.07) is 16.3. The lowest BCUT2D eigenvalue weighted by molar-refractivity contribution is -0.131. The summed E-state index contributed by atoms with van der Waals surface area (Å²) in [6.45, 7) is 7.12. The molecule has 0 radical (unpaired) electrons. The number of likely N-dealkylation sites (N-methyl/N-ethyl adjacent to an activating group) is 1.